The summed E-state index contributed by atoms with van der Waals surface area (Å²) in [5.74, 6) is 0.643. The van der Waals surface area contributed by atoms with Crippen LogP contribution in [0.1, 0.15) is 25.8 Å². The van der Waals surface area contributed by atoms with Crippen molar-refractivity contribution < 1.29 is 4.79 Å². The molecule has 1 aromatic carbocycles. The number of nitrogens with one attached hydrogen (secondary N) is 2. The quantitative estimate of drug-likeness (QED) is 0.623. The lowest BCUT2D eigenvalue weighted by Crippen LogP contribution is -2.45. The zero-order valence-electron chi connectivity index (χ0n) is 13.7. The Balaban J connectivity index is 2.68. The van der Waals surface area contributed by atoms with Gasteiger partial charge in [-0.05, 0) is 31.0 Å². The van der Waals surface area contributed by atoms with Gasteiger partial charge in [0, 0.05) is 25.2 Å². The van der Waals surface area contributed by atoms with Crippen LogP contribution in [-0.4, -0.2) is 43.4 Å². The van der Waals surface area contributed by atoms with E-state index in [4.69, 9.17) is 11.6 Å². The molecule has 0 heterocycles. The number of hydrogen-bond donors (Lipinski definition) is 2. The van der Waals surface area contributed by atoms with E-state index in [1.165, 1.54) is 0 Å². The molecule has 0 radical (unpaired) electrons. The second kappa shape index (κ2) is 9.30. The molecule has 0 aromatic heterocycles. The first kappa shape index (κ1) is 18.3. The summed E-state index contributed by atoms with van der Waals surface area (Å²) in [6.07, 6.45) is 0.975. The van der Waals surface area contributed by atoms with Gasteiger partial charge in [0.05, 0.1) is 13.1 Å². The van der Waals surface area contributed by atoms with E-state index in [-0.39, 0.29) is 18.5 Å². The van der Waals surface area contributed by atoms with Crippen LogP contribution in [0.5, 0.6) is 0 Å². The van der Waals surface area contributed by atoms with Crippen LogP contribution in [0, 0.1) is 0 Å². The van der Waals surface area contributed by atoms with Crippen molar-refractivity contribution in [3.8, 4) is 0 Å². The predicted octanol–water partition coefficient (Wildman–Crippen LogP) is 2.26. The van der Waals surface area contributed by atoms with Crippen molar-refractivity contribution in [2.45, 2.75) is 32.9 Å². The van der Waals surface area contributed by atoms with Gasteiger partial charge < -0.3 is 15.5 Å². The smallest absolute Gasteiger partial charge is 0.241 e. The minimum atomic E-state index is 0.00476. The van der Waals surface area contributed by atoms with E-state index in [2.05, 4.69) is 29.5 Å². The highest BCUT2D eigenvalue weighted by Gasteiger charge is 2.07. The number of benzene rings is 1. The lowest BCUT2D eigenvalue weighted by Gasteiger charge is -2.18. The lowest BCUT2D eigenvalue weighted by atomic mass is 10.2. The second-order valence-corrected chi connectivity index (χ2v) is 5.82. The number of halogens is 1. The van der Waals surface area contributed by atoms with Crippen LogP contribution < -0.4 is 10.6 Å². The molecular weight excluding hydrogens is 300 g/mol. The molecule has 0 aliphatic heterocycles. The third kappa shape index (κ3) is 6.80. The average molecular weight is 325 g/mol. The molecule has 0 bridgehead atoms. The van der Waals surface area contributed by atoms with E-state index >= 15 is 0 Å². The topological polar surface area (TPSA) is 56.7 Å². The van der Waals surface area contributed by atoms with Crippen LogP contribution in [-0.2, 0) is 11.3 Å². The minimum Gasteiger partial charge on any atom is -0.354 e. The highest BCUT2D eigenvalue weighted by molar-refractivity contribution is 6.30. The molecule has 0 spiro atoms. The van der Waals surface area contributed by atoms with Gasteiger partial charge >= 0.3 is 0 Å². The summed E-state index contributed by atoms with van der Waals surface area (Å²) < 4.78 is 0. The normalized spacial score (nSPS) is 12.7. The summed E-state index contributed by atoms with van der Waals surface area (Å²) in [5.41, 5.74) is 1.06. The van der Waals surface area contributed by atoms with Crippen LogP contribution in [0.3, 0.4) is 0 Å². The zero-order chi connectivity index (χ0) is 16.5. The van der Waals surface area contributed by atoms with Gasteiger partial charge in [-0.15, -0.1) is 0 Å². The van der Waals surface area contributed by atoms with Crippen LogP contribution in [0.25, 0.3) is 0 Å². The van der Waals surface area contributed by atoms with Crippen molar-refractivity contribution in [2.75, 3.05) is 20.6 Å². The Labute approximate surface area is 137 Å². The lowest BCUT2D eigenvalue weighted by molar-refractivity contribution is -0.127. The van der Waals surface area contributed by atoms with E-state index in [0.717, 1.165) is 12.0 Å². The van der Waals surface area contributed by atoms with Crippen molar-refractivity contribution in [2.24, 2.45) is 4.99 Å². The molecule has 1 atom stereocenters. The van der Waals surface area contributed by atoms with Crippen LogP contribution in [0.4, 0.5) is 0 Å². The Hall–Kier alpha value is -1.75. The number of likely N-dealkylation sites (N-methyl/N-ethyl adjacent to an activating group) is 1. The highest BCUT2D eigenvalue weighted by atomic mass is 35.5. The molecule has 0 aliphatic carbocycles. The van der Waals surface area contributed by atoms with Gasteiger partial charge in [-0.25, -0.2) is 4.99 Å². The van der Waals surface area contributed by atoms with Gasteiger partial charge in [0.15, 0.2) is 5.96 Å². The van der Waals surface area contributed by atoms with E-state index in [1.807, 2.05) is 24.3 Å². The third-order valence-electron chi connectivity index (χ3n) is 3.23. The van der Waals surface area contributed by atoms with Crippen LogP contribution in [0.2, 0.25) is 5.02 Å². The maximum absolute atomic E-state index is 11.7. The first-order valence-corrected chi connectivity index (χ1v) is 7.79. The summed E-state index contributed by atoms with van der Waals surface area (Å²) in [4.78, 5) is 17.8. The molecule has 1 unspecified atom stereocenters. The SMILES string of the molecule is CCC(C)NC(=NCc1ccc(Cl)cc1)NCC(=O)N(C)C. The van der Waals surface area contributed by atoms with E-state index in [9.17, 15) is 4.79 Å². The Morgan fingerprint density at radius 1 is 1.32 bits per heavy atom. The van der Waals surface area contributed by atoms with Gasteiger partial charge in [-0.2, -0.15) is 0 Å². The molecule has 5 nitrogen and oxygen atoms in total. The van der Waals surface area contributed by atoms with E-state index < -0.39 is 0 Å². The fourth-order valence-corrected chi connectivity index (χ4v) is 1.69. The molecule has 0 fully saturated rings. The number of rotatable bonds is 6. The fourth-order valence-electron chi connectivity index (χ4n) is 1.57. The highest BCUT2D eigenvalue weighted by Crippen LogP contribution is 2.10. The molecule has 1 amide bonds. The van der Waals surface area contributed by atoms with Crippen molar-refractivity contribution in [1.82, 2.24) is 15.5 Å². The van der Waals surface area contributed by atoms with Crippen molar-refractivity contribution >= 4 is 23.5 Å². The summed E-state index contributed by atoms with van der Waals surface area (Å²) in [6, 6.07) is 7.86. The molecule has 0 saturated heterocycles. The molecule has 1 rings (SSSR count). The van der Waals surface area contributed by atoms with Gasteiger partial charge in [0.25, 0.3) is 0 Å². The molecular formula is C16H25ClN4O. The fraction of sp³-hybridized carbons (Fsp3) is 0.500. The first-order valence-electron chi connectivity index (χ1n) is 7.41. The Kier molecular flexibility index (Phi) is 7.74. The van der Waals surface area contributed by atoms with Crippen LogP contribution >= 0.6 is 11.6 Å². The summed E-state index contributed by atoms with van der Waals surface area (Å²) >= 11 is 5.87. The molecule has 2 N–H and O–H groups in total. The molecule has 0 aliphatic rings. The van der Waals surface area contributed by atoms with E-state index in [1.54, 1.807) is 19.0 Å². The molecule has 22 heavy (non-hydrogen) atoms. The van der Waals surface area contributed by atoms with Crippen molar-refractivity contribution in [1.29, 1.82) is 0 Å². The summed E-state index contributed by atoms with van der Waals surface area (Å²) in [6.45, 7) is 4.92. The monoisotopic (exact) mass is 324 g/mol. The second-order valence-electron chi connectivity index (χ2n) is 5.39. The zero-order valence-corrected chi connectivity index (χ0v) is 14.4. The maximum atomic E-state index is 11.7. The maximum Gasteiger partial charge on any atom is 0.241 e. The van der Waals surface area contributed by atoms with Crippen molar-refractivity contribution in [3.05, 3.63) is 34.9 Å². The Bertz CT molecular complexity index is 499. The molecule has 0 saturated carbocycles. The average Bonchev–Trinajstić information content (AvgIpc) is 2.50. The number of hydrogen-bond acceptors (Lipinski definition) is 2. The molecule has 6 heteroatoms. The van der Waals surface area contributed by atoms with Gasteiger partial charge in [0.2, 0.25) is 5.91 Å². The van der Waals surface area contributed by atoms with Crippen LogP contribution in [0.15, 0.2) is 29.3 Å². The Morgan fingerprint density at radius 2 is 1.95 bits per heavy atom. The Morgan fingerprint density at radius 3 is 2.50 bits per heavy atom. The minimum absolute atomic E-state index is 0.00476. The largest absolute Gasteiger partial charge is 0.354 e. The summed E-state index contributed by atoms with van der Waals surface area (Å²) in [5, 5.41) is 7.06. The number of amides is 1. The van der Waals surface area contributed by atoms with E-state index in [0.29, 0.717) is 17.5 Å². The van der Waals surface area contributed by atoms with Crippen molar-refractivity contribution in [3.63, 3.8) is 0 Å². The molecule has 1 aromatic rings. The molecule has 122 valence electrons. The van der Waals surface area contributed by atoms with Gasteiger partial charge in [-0.1, -0.05) is 30.7 Å². The first-order chi connectivity index (χ1) is 10.4. The van der Waals surface area contributed by atoms with Gasteiger partial charge in [-0.3, -0.25) is 4.79 Å². The standard InChI is InChI=1S/C16H25ClN4O/c1-5-12(2)20-16(19-11-15(22)21(3)4)18-10-13-6-8-14(17)9-7-13/h6-9,12H,5,10-11H2,1-4H3,(H2,18,19,20). The summed E-state index contributed by atoms with van der Waals surface area (Å²) in [7, 11) is 3.47. The number of carbonyl (C=O) groups is 1. The number of carbonyl (C=O) groups excluding carboxylic acids is 1. The third-order valence-corrected chi connectivity index (χ3v) is 3.49. The van der Waals surface area contributed by atoms with Gasteiger partial charge in [0.1, 0.15) is 0 Å². The number of nitrogens with zero attached hydrogens (tertiary/aromatic N) is 2. The number of guanidine groups is 1. The predicted molar refractivity (Wildman–Crippen MR) is 92.2 cm³/mol. The number of aliphatic imine (C=N–C) groups is 1.